The van der Waals surface area contributed by atoms with Gasteiger partial charge in [0.1, 0.15) is 5.67 Å². The topological polar surface area (TPSA) is 26.0 Å². The monoisotopic (exact) mass is 215 g/mol. The molecule has 1 nitrogen and oxygen atoms in total. The van der Waals surface area contributed by atoms with E-state index in [2.05, 4.69) is 0 Å². The first-order valence-electron chi connectivity index (χ1n) is 4.73. The van der Waals surface area contributed by atoms with E-state index in [0.717, 1.165) is 5.56 Å². The molecule has 0 aliphatic heterocycles. The van der Waals surface area contributed by atoms with Crippen molar-refractivity contribution < 1.29 is 4.39 Å². The molecule has 1 aromatic rings. The molecule has 0 heterocycles. The first kappa shape index (κ1) is 11.5. The molecule has 0 fully saturated rings. The van der Waals surface area contributed by atoms with Gasteiger partial charge in [0.05, 0.1) is 0 Å². The average molecular weight is 216 g/mol. The zero-order chi connectivity index (χ0) is 10.6. The van der Waals surface area contributed by atoms with Crippen LogP contribution >= 0.6 is 11.6 Å². The summed E-state index contributed by atoms with van der Waals surface area (Å²) < 4.78 is 13.9. The third-order valence-electron chi connectivity index (χ3n) is 2.41. The highest BCUT2D eigenvalue weighted by Gasteiger charge is 2.25. The van der Waals surface area contributed by atoms with Gasteiger partial charge in [0.25, 0.3) is 0 Å². The lowest BCUT2D eigenvalue weighted by Gasteiger charge is -2.21. The molecule has 0 bridgehead atoms. The number of nitrogens with two attached hydrogens (primary N) is 1. The van der Waals surface area contributed by atoms with Gasteiger partial charge in [-0.25, -0.2) is 4.39 Å². The van der Waals surface area contributed by atoms with Crippen molar-refractivity contribution in [1.29, 1.82) is 0 Å². The van der Waals surface area contributed by atoms with Crippen molar-refractivity contribution >= 4 is 11.6 Å². The van der Waals surface area contributed by atoms with Gasteiger partial charge in [-0.15, -0.1) is 0 Å². The Balaban J connectivity index is 2.77. The third-order valence-corrected chi connectivity index (χ3v) is 2.64. The highest BCUT2D eigenvalue weighted by atomic mass is 35.5. The van der Waals surface area contributed by atoms with E-state index in [1.165, 1.54) is 0 Å². The summed E-state index contributed by atoms with van der Waals surface area (Å²) in [7, 11) is 0. The van der Waals surface area contributed by atoms with Crippen molar-refractivity contribution in [3.05, 3.63) is 34.9 Å². The Morgan fingerprint density at radius 1 is 1.50 bits per heavy atom. The molecule has 1 atom stereocenters. The summed E-state index contributed by atoms with van der Waals surface area (Å²) >= 11 is 5.81. The predicted molar refractivity (Wildman–Crippen MR) is 58.3 cm³/mol. The van der Waals surface area contributed by atoms with Crippen molar-refractivity contribution in [3.63, 3.8) is 0 Å². The van der Waals surface area contributed by atoms with Crippen LogP contribution in [0.15, 0.2) is 24.3 Å². The van der Waals surface area contributed by atoms with E-state index in [1.807, 2.05) is 12.1 Å². The van der Waals surface area contributed by atoms with Crippen LogP contribution in [0.4, 0.5) is 4.39 Å². The first-order chi connectivity index (χ1) is 6.59. The van der Waals surface area contributed by atoms with Crippen LogP contribution in [0.25, 0.3) is 0 Å². The lowest BCUT2D eigenvalue weighted by Crippen LogP contribution is -2.34. The Labute approximate surface area is 89.1 Å². The van der Waals surface area contributed by atoms with E-state index in [9.17, 15) is 4.39 Å². The molecule has 0 saturated carbocycles. The van der Waals surface area contributed by atoms with Crippen molar-refractivity contribution in [2.75, 3.05) is 6.54 Å². The minimum atomic E-state index is -1.30. The van der Waals surface area contributed by atoms with Gasteiger partial charge >= 0.3 is 0 Å². The summed E-state index contributed by atoms with van der Waals surface area (Å²) in [4.78, 5) is 0. The summed E-state index contributed by atoms with van der Waals surface area (Å²) in [6.45, 7) is 1.85. The van der Waals surface area contributed by atoms with E-state index in [4.69, 9.17) is 17.3 Å². The Morgan fingerprint density at radius 3 is 2.71 bits per heavy atom. The van der Waals surface area contributed by atoms with Gasteiger partial charge in [0.15, 0.2) is 0 Å². The largest absolute Gasteiger partial charge is 0.328 e. The van der Waals surface area contributed by atoms with Crippen molar-refractivity contribution in [1.82, 2.24) is 0 Å². The molecule has 0 radical (unpaired) electrons. The van der Waals surface area contributed by atoms with Crippen LogP contribution in [0.5, 0.6) is 0 Å². The number of hydrogen-bond acceptors (Lipinski definition) is 1. The normalized spacial score (nSPS) is 15.1. The van der Waals surface area contributed by atoms with Crippen molar-refractivity contribution in [2.45, 2.75) is 25.4 Å². The maximum absolute atomic E-state index is 13.9. The van der Waals surface area contributed by atoms with Gasteiger partial charge < -0.3 is 5.73 Å². The number of halogens is 2. The maximum Gasteiger partial charge on any atom is 0.126 e. The molecule has 0 saturated heterocycles. The first-order valence-corrected chi connectivity index (χ1v) is 5.11. The van der Waals surface area contributed by atoms with Crippen LogP contribution in [0.2, 0.25) is 5.02 Å². The van der Waals surface area contributed by atoms with Gasteiger partial charge in [-0.2, -0.15) is 0 Å². The lowest BCUT2D eigenvalue weighted by atomic mass is 9.94. The third kappa shape index (κ3) is 2.96. The van der Waals surface area contributed by atoms with Crippen LogP contribution in [0, 0.1) is 0 Å². The van der Waals surface area contributed by atoms with E-state index >= 15 is 0 Å². The summed E-state index contributed by atoms with van der Waals surface area (Å²) in [6.07, 6.45) is 0.760. The van der Waals surface area contributed by atoms with Gasteiger partial charge in [-0.1, -0.05) is 30.7 Å². The molecule has 0 aromatic heterocycles. The molecule has 1 unspecified atom stereocenters. The minimum absolute atomic E-state index is 0.0516. The molecule has 1 aromatic carbocycles. The second-order valence-electron chi connectivity index (χ2n) is 3.52. The fourth-order valence-electron chi connectivity index (χ4n) is 1.35. The quantitative estimate of drug-likeness (QED) is 0.821. The Hall–Kier alpha value is -0.600. The van der Waals surface area contributed by atoms with Crippen LogP contribution in [-0.4, -0.2) is 12.2 Å². The molecule has 1 rings (SSSR count). The van der Waals surface area contributed by atoms with Gasteiger partial charge in [-0.05, 0) is 24.1 Å². The maximum atomic E-state index is 13.9. The zero-order valence-corrected chi connectivity index (χ0v) is 9.02. The Kier molecular flexibility index (Phi) is 3.90. The summed E-state index contributed by atoms with van der Waals surface area (Å²) in [6, 6.07) is 7.25. The number of benzene rings is 1. The molecule has 0 aliphatic carbocycles. The van der Waals surface area contributed by atoms with Crippen LogP contribution in [0.3, 0.4) is 0 Å². The zero-order valence-electron chi connectivity index (χ0n) is 8.26. The molecule has 0 amide bonds. The minimum Gasteiger partial charge on any atom is -0.328 e. The molecule has 3 heteroatoms. The summed E-state index contributed by atoms with van der Waals surface area (Å²) in [5.74, 6) is 0. The van der Waals surface area contributed by atoms with Gasteiger partial charge in [0.2, 0.25) is 0 Å². The molecule has 0 spiro atoms. The predicted octanol–water partition coefficient (Wildman–Crippen LogP) is 2.96. The summed E-state index contributed by atoms with van der Waals surface area (Å²) in [5.41, 5.74) is 4.99. The van der Waals surface area contributed by atoms with Crippen molar-refractivity contribution in [3.8, 4) is 0 Å². The van der Waals surface area contributed by atoms with E-state index < -0.39 is 5.67 Å². The van der Waals surface area contributed by atoms with E-state index in [0.29, 0.717) is 17.9 Å². The van der Waals surface area contributed by atoms with E-state index in [-0.39, 0.29) is 6.54 Å². The van der Waals surface area contributed by atoms with Gasteiger partial charge in [-0.3, -0.25) is 0 Å². The number of hydrogen-bond donors (Lipinski definition) is 1. The molecule has 0 aliphatic rings. The average Bonchev–Trinajstić information content (AvgIpc) is 2.18. The summed E-state index contributed by atoms with van der Waals surface area (Å²) in [5, 5.41) is 0.637. The molecular formula is C11H15ClFN. The fourth-order valence-corrected chi connectivity index (χ4v) is 1.57. The number of alkyl halides is 1. The SMILES string of the molecule is CCC(F)(CN)Cc1cccc(Cl)c1. The van der Waals surface area contributed by atoms with Crippen LogP contribution in [-0.2, 0) is 6.42 Å². The van der Waals surface area contributed by atoms with E-state index in [1.54, 1.807) is 19.1 Å². The second kappa shape index (κ2) is 4.76. The van der Waals surface area contributed by atoms with Gasteiger partial charge in [0, 0.05) is 18.0 Å². The van der Waals surface area contributed by atoms with Crippen LogP contribution in [0.1, 0.15) is 18.9 Å². The Morgan fingerprint density at radius 2 is 2.21 bits per heavy atom. The molecule has 2 N–H and O–H groups in total. The standard InChI is InChI=1S/C11H15ClFN/c1-2-11(13,8-14)7-9-4-3-5-10(12)6-9/h3-6H,2,7-8,14H2,1H3. The molecule has 78 valence electrons. The highest BCUT2D eigenvalue weighted by molar-refractivity contribution is 6.30. The number of rotatable bonds is 4. The highest BCUT2D eigenvalue weighted by Crippen LogP contribution is 2.22. The molecular weight excluding hydrogens is 201 g/mol. The smallest absolute Gasteiger partial charge is 0.126 e. The lowest BCUT2D eigenvalue weighted by molar-refractivity contribution is 0.167. The fraction of sp³-hybridized carbons (Fsp3) is 0.455. The van der Waals surface area contributed by atoms with Crippen molar-refractivity contribution in [2.24, 2.45) is 5.73 Å². The Bertz CT molecular complexity index is 297. The molecule has 14 heavy (non-hydrogen) atoms. The van der Waals surface area contributed by atoms with Crippen LogP contribution < -0.4 is 5.73 Å². The second-order valence-corrected chi connectivity index (χ2v) is 3.95.